The van der Waals surface area contributed by atoms with Gasteiger partial charge in [0.15, 0.2) is 5.13 Å². The third-order valence-corrected chi connectivity index (χ3v) is 4.59. The average Bonchev–Trinajstić information content (AvgIpc) is 2.98. The van der Waals surface area contributed by atoms with Crippen molar-refractivity contribution in [3.8, 4) is 0 Å². The number of hydrogen-bond acceptors (Lipinski definition) is 5. The van der Waals surface area contributed by atoms with E-state index in [4.69, 9.17) is 5.73 Å². The molecule has 17 heavy (non-hydrogen) atoms. The zero-order valence-electron chi connectivity index (χ0n) is 10.7. The Labute approximate surface area is 107 Å². The van der Waals surface area contributed by atoms with Crippen molar-refractivity contribution in [2.24, 2.45) is 5.73 Å². The Kier molecular flexibility index (Phi) is 4.36. The molecular weight excluding hydrogens is 232 g/mol. The van der Waals surface area contributed by atoms with Gasteiger partial charge in [-0.2, -0.15) is 0 Å². The van der Waals surface area contributed by atoms with E-state index in [9.17, 15) is 0 Å². The van der Waals surface area contributed by atoms with Gasteiger partial charge in [0.2, 0.25) is 0 Å². The van der Waals surface area contributed by atoms with Crippen molar-refractivity contribution in [3.05, 3.63) is 11.1 Å². The molecule has 1 aliphatic rings. The summed E-state index contributed by atoms with van der Waals surface area (Å²) in [6.45, 7) is 9.59. The summed E-state index contributed by atoms with van der Waals surface area (Å²) < 4.78 is 0. The molecule has 1 fully saturated rings. The Hall–Kier alpha value is -0.650. The van der Waals surface area contributed by atoms with E-state index in [1.165, 1.54) is 11.3 Å². The quantitative estimate of drug-likeness (QED) is 0.865. The lowest BCUT2D eigenvalue weighted by atomic mass is 10.2. The molecule has 1 unspecified atom stereocenters. The zero-order valence-corrected chi connectivity index (χ0v) is 11.5. The van der Waals surface area contributed by atoms with Gasteiger partial charge in [-0.25, -0.2) is 4.98 Å². The highest BCUT2D eigenvalue weighted by Crippen LogP contribution is 2.27. The fraction of sp³-hybridized carbons (Fsp3) is 0.750. The molecule has 1 aromatic rings. The van der Waals surface area contributed by atoms with E-state index in [1.54, 1.807) is 11.3 Å². The number of nitrogens with zero attached hydrogens (tertiary/aromatic N) is 3. The van der Waals surface area contributed by atoms with Crippen molar-refractivity contribution in [3.63, 3.8) is 0 Å². The highest BCUT2D eigenvalue weighted by Gasteiger charge is 2.27. The number of thiazole rings is 1. The number of hydrogen-bond donors (Lipinski definition) is 1. The molecule has 0 aliphatic carbocycles. The molecule has 1 atom stereocenters. The minimum absolute atomic E-state index is 0.602. The van der Waals surface area contributed by atoms with Gasteiger partial charge in [0, 0.05) is 36.8 Å². The molecule has 2 heterocycles. The number of likely N-dealkylation sites (N-methyl/N-ethyl adjacent to an activating group) is 1. The van der Waals surface area contributed by atoms with Crippen LogP contribution in [0.2, 0.25) is 0 Å². The fourth-order valence-corrected chi connectivity index (χ4v) is 3.31. The first kappa shape index (κ1) is 12.8. The molecule has 1 saturated heterocycles. The van der Waals surface area contributed by atoms with E-state index in [2.05, 4.69) is 28.6 Å². The highest BCUT2D eigenvalue weighted by atomic mass is 32.1. The van der Waals surface area contributed by atoms with Gasteiger partial charge < -0.3 is 10.6 Å². The first-order valence-electron chi connectivity index (χ1n) is 6.42. The van der Waals surface area contributed by atoms with Crippen LogP contribution in [0.3, 0.4) is 0 Å². The van der Waals surface area contributed by atoms with Crippen LogP contribution >= 0.6 is 11.3 Å². The number of aromatic nitrogens is 1. The SMILES string of the molecule is CCN(CC)C1CCN(c2ncc(CN)s2)C1. The molecule has 1 aliphatic heterocycles. The second-order valence-corrected chi connectivity index (χ2v) is 5.52. The van der Waals surface area contributed by atoms with Crippen molar-refractivity contribution < 1.29 is 0 Å². The smallest absolute Gasteiger partial charge is 0.185 e. The largest absolute Gasteiger partial charge is 0.346 e. The molecule has 5 heteroatoms. The molecule has 4 nitrogen and oxygen atoms in total. The lowest BCUT2D eigenvalue weighted by molar-refractivity contribution is 0.232. The maximum Gasteiger partial charge on any atom is 0.185 e. The van der Waals surface area contributed by atoms with Crippen molar-refractivity contribution in [1.29, 1.82) is 0 Å². The van der Waals surface area contributed by atoms with Crippen molar-refractivity contribution in [2.45, 2.75) is 32.9 Å². The summed E-state index contributed by atoms with van der Waals surface area (Å²) in [4.78, 5) is 10.6. The Bertz CT molecular complexity index is 348. The monoisotopic (exact) mass is 254 g/mol. The molecule has 0 bridgehead atoms. The van der Waals surface area contributed by atoms with Crippen molar-refractivity contribution in [2.75, 3.05) is 31.1 Å². The predicted molar refractivity (Wildman–Crippen MR) is 73.5 cm³/mol. The molecule has 0 saturated carbocycles. The fourth-order valence-electron chi connectivity index (χ4n) is 2.49. The molecular formula is C12H22N4S. The van der Waals surface area contributed by atoms with E-state index < -0.39 is 0 Å². The molecule has 1 aromatic heterocycles. The first-order chi connectivity index (χ1) is 8.28. The molecule has 0 aromatic carbocycles. The second kappa shape index (κ2) is 5.80. The third-order valence-electron chi connectivity index (χ3n) is 3.51. The minimum Gasteiger partial charge on any atom is -0.346 e. The summed E-state index contributed by atoms with van der Waals surface area (Å²) in [6.07, 6.45) is 3.16. The van der Waals surface area contributed by atoms with Gasteiger partial charge in [0.25, 0.3) is 0 Å². The summed E-state index contributed by atoms with van der Waals surface area (Å²) in [5.74, 6) is 0. The molecule has 96 valence electrons. The maximum atomic E-state index is 5.62. The van der Waals surface area contributed by atoms with Crippen molar-refractivity contribution >= 4 is 16.5 Å². The van der Waals surface area contributed by atoms with Crippen LogP contribution in [0.1, 0.15) is 25.1 Å². The van der Waals surface area contributed by atoms with Gasteiger partial charge >= 0.3 is 0 Å². The average molecular weight is 254 g/mol. The standard InChI is InChI=1S/C12H22N4S/c1-3-15(4-2)10-5-6-16(9-10)12-14-8-11(7-13)17-12/h8,10H,3-7,9,13H2,1-2H3. The van der Waals surface area contributed by atoms with Crippen molar-refractivity contribution in [1.82, 2.24) is 9.88 Å². The van der Waals surface area contributed by atoms with Crippen LogP contribution in [0.15, 0.2) is 6.20 Å². The molecule has 2 N–H and O–H groups in total. The summed E-state index contributed by atoms with van der Waals surface area (Å²) >= 11 is 1.73. The van der Waals surface area contributed by atoms with Crippen LogP contribution in [0.5, 0.6) is 0 Å². The van der Waals surface area contributed by atoms with E-state index in [0.717, 1.165) is 31.3 Å². The van der Waals surface area contributed by atoms with Gasteiger partial charge in [-0.3, -0.25) is 4.90 Å². The van der Waals surface area contributed by atoms with Gasteiger partial charge in [-0.1, -0.05) is 13.8 Å². The first-order valence-corrected chi connectivity index (χ1v) is 7.23. The minimum atomic E-state index is 0.602. The number of anilines is 1. The van der Waals surface area contributed by atoms with Crippen LogP contribution in [-0.2, 0) is 6.54 Å². The Morgan fingerprint density at radius 3 is 2.88 bits per heavy atom. The Morgan fingerprint density at radius 2 is 2.29 bits per heavy atom. The molecule has 2 rings (SSSR count). The predicted octanol–water partition coefficient (Wildman–Crippen LogP) is 1.52. The highest BCUT2D eigenvalue weighted by molar-refractivity contribution is 7.15. The van der Waals surface area contributed by atoms with Crippen LogP contribution < -0.4 is 10.6 Å². The van der Waals surface area contributed by atoms with Crippen LogP contribution in [0.4, 0.5) is 5.13 Å². The second-order valence-electron chi connectivity index (χ2n) is 4.42. The summed E-state index contributed by atoms with van der Waals surface area (Å²) in [5.41, 5.74) is 5.62. The summed E-state index contributed by atoms with van der Waals surface area (Å²) in [6, 6.07) is 0.690. The van der Waals surface area contributed by atoms with Gasteiger partial charge in [-0.15, -0.1) is 11.3 Å². The molecule has 0 radical (unpaired) electrons. The van der Waals surface area contributed by atoms with E-state index in [0.29, 0.717) is 12.6 Å². The Morgan fingerprint density at radius 1 is 1.53 bits per heavy atom. The van der Waals surface area contributed by atoms with Gasteiger partial charge in [-0.05, 0) is 19.5 Å². The van der Waals surface area contributed by atoms with Gasteiger partial charge in [0.1, 0.15) is 0 Å². The van der Waals surface area contributed by atoms with Crippen LogP contribution in [0.25, 0.3) is 0 Å². The maximum absolute atomic E-state index is 5.62. The van der Waals surface area contributed by atoms with Crippen LogP contribution in [-0.4, -0.2) is 42.1 Å². The molecule has 0 amide bonds. The van der Waals surface area contributed by atoms with Crippen LogP contribution in [0, 0.1) is 0 Å². The van der Waals surface area contributed by atoms with E-state index >= 15 is 0 Å². The van der Waals surface area contributed by atoms with Gasteiger partial charge in [0.05, 0.1) is 0 Å². The van der Waals surface area contributed by atoms with E-state index in [1.807, 2.05) is 6.20 Å². The lowest BCUT2D eigenvalue weighted by Gasteiger charge is -2.25. The zero-order chi connectivity index (χ0) is 12.3. The topological polar surface area (TPSA) is 45.4 Å². The third kappa shape index (κ3) is 2.78. The summed E-state index contributed by atoms with van der Waals surface area (Å²) in [7, 11) is 0. The number of nitrogens with two attached hydrogens (primary N) is 1. The van der Waals surface area contributed by atoms with E-state index in [-0.39, 0.29) is 0 Å². The molecule has 0 spiro atoms. The normalized spacial score (nSPS) is 20.5. The number of rotatable bonds is 5. The lowest BCUT2D eigenvalue weighted by Crippen LogP contribution is -2.37. The summed E-state index contributed by atoms with van der Waals surface area (Å²) in [5, 5.41) is 1.14. The Balaban J connectivity index is 1.97.